The summed E-state index contributed by atoms with van der Waals surface area (Å²) in [6.45, 7) is 1.86. The third-order valence-electron chi connectivity index (χ3n) is 5.06. The number of amides is 1. The fourth-order valence-electron chi connectivity index (χ4n) is 3.62. The van der Waals surface area contributed by atoms with Gasteiger partial charge in [0, 0.05) is 19.2 Å². The van der Waals surface area contributed by atoms with Gasteiger partial charge in [-0.1, -0.05) is 0 Å². The number of primary amides is 1. The second-order valence-corrected chi connectivity index (χ2v) is 6.37. The summed E-state index contributed by atoms with van der Waals surface area (Å²) in [5.41, 5.74) is 5.09. The summed E-state index contributed by atoms with van der Waals surface area (Å²) in [4.78, 5) is 14.1. The van der Waals surface area contributed by atoms with Gasteiger partial charge in [-0.2, -0.15) is 0 Å². The predicted octanol–water partition coefficient (Wildman–Crippen LogP) is 0.873. The lowest BCUT2D eigenvalue weighted by Gasteiger charge is -2.42. The Morgan fingerprint density at radius 3 is 2.80 bits per heavy atom. The molecule has 3 unspecified atom stereocenters. The van der Waals surface area contributed by atoms with Gasteiger partial charge in [-0.15, -0.1) is 0 Å². The van der Waals surface area contributed by atoms with Crippen LogP contribution in [-0.4, -0.2) is 55.7 Å². The van der Waals surface area contributed by atoms with Crippen LogP contribution in [0.25, 0.3) is 0 Å². The van der Waals surface area contributed by atoms with Gasteiger partial charge in [0.1, 0.15) is 0 Å². The summed E-state index contributed by atoms with van der Waals surface area (Å²) < 4.78 is 5.82. The summed E-state index contributed by atoms with van der Waals surface area (Å²) in [7, 11) is 3.99. The van der Waals surface area contributed by atoms with E-state index in [2.05, 4.69) is 17.3 Å². The van der Waals surface area contributed by atoms with E-state index >= 15 is 0 Å². The Morgan fingerprint density at radius 2 is 2.20 bits per heavy atom. The molecule has 5 nitrogen and oxygen atoms in total. The van der Waals surface area contributed by atoms with E-state index in [1.165, 1.54) is 12.8 Å². The first-order chi connectivity index (χ1) is 9.57. The SMILES string of the molecule is CNC1(C(N)=O)CCCC(N(C)CC2CCCCO2)C1. The number of nitrogens with one attached hydrogen (secondary N) is 1. The molecule has 0 spiro atoms. The maximum atomic E-state index is 11.8. The minimum absolute atomic E-state index is 0.216. The summed E-state index contributed by atoms with van der Waals surface area (Å²) in [6.07, 6.45) is 7.81. The maximum absolute atomic E-state index is 11.8. The average Bonchev–Trinajstić information content (AvgIpc) is 2.48. The van der Waals surface area contributed by atoms with E-state index in [1.54, 1.807) is 0 Å². The van der Waals surface area contributed by atoms with Crippen molar-refractivity contribution in [3.8, 4) is 0 Å². The van der Waals surface area contributed by atoms with Crippen molar-refractivity contribution in [2.24, 2.45) is 5.73 Å². The molecule has 0 radical (unpaired) electrons. The molecule has 1 heterocycles. The molecule has 0 aromatic heterocycles. The zero-order valence-corrected chi connectivity index (χ0v) is 12.9. The summed E-state index contributed by atoms with van der Waals surface area (Å²) in [5.74, 6) is -0.216. The Hall–Kier alpha value is -0.650. The first-order valence-corrected chi connectivity index (χ1v) is 7.88. The second kappa shape index (κ2) is 6.87. The number of hydrogen-bond acceptors (Lipinski definition) is 4. The number of nitrogens with two attached hydrogens (primary N) is 1. The van der Waals surface area contributed by atoms with Crippen molar-refractivity contribution in [1.29, 1.82) is 0 Å². The molecule has 3 atom stereocenters. The Labute approximate surface area is 122 Å². The van der Waals surface area contributed by atoms with Crippen molar-refractivity contribution < 1.29 is 9.53 Å². The molecule has 1 amide bonds. The molecule has 0 bridgehead atoms. The van der Waals surface area contributed by atoms with Crippen LogP contribution in [-0.2, 0) is 9.53 Å². The number of hydrogen-bond donors (Lipinski definition) is 2. The van der Waals surface area contributed by atoms with E-state index in [-0.39, 0.29) is 5.91 Å². The van der Waals surface area contributed by atoms with E-state index < -0.39 is 5.54 Å². The first-order valence-electron chi connectivity index (χ1n) is 7.88. The summed E-state index contributed by atoms with van der Waals surface area (Å²) in [6, 6.07) is 0.411. The van der Waals surface area contributed by atoms with Crippen molar-refractivity contribution in [2.45, 2.75) is 62.6 Å². The topological polar surface area (TPSA) is 67.6 Å². The van der Waals surface area contributed by atoms with Gasteiger partial charge in [0.05, 0.1) is 11.6 Å². The highest BCUT2D eigenvalue weighted by Gasteiger charge is 2.41. The maximum Gasteiger partial charge on any atom is 0.237 e. The standard InChI is InChI=1S/C15H29N3O2/c1-17-15(14(16)19)8-5-6-12(10-15)18(2)11-13-7-3-4-9-20-13/h12-13,17H,3-11H2,1-2H3,(H2,16,19). The highest BCUT2D eigenvalue weighted by atomic mass is 16.5. The van der Waals surface area contributed by atoms with Crippen molar-refractivity contribution in [3.05, 3.63) is 0 Å². The molecule has 1 aliphatic heterocycles. The molecule has 3 N–H and O–H groups in total. The number of carbonyl (C=O) groups excluding carboxylic acids is 1. The van der Waals surface area contributed by atoms with Crippen LogP contribution < -0.4 is 11.1 Å². The lowest BCUT2D eigenvalue weighted by molar-refractivity contribution is -0.126. The Morgan fingerprint density at radius 1 is 1.40 bits per heavy atom. The smallest absolute Gasteiger partial charge is 0.237 e. The number of nitrogens with zero attached hydrogens (tertiary/aromatic N) is 1. The van der Waals surface area contributed by atoms with Crippen molar-refractivity contribution in [1.82, 2.24) is 10.2 Å². The van der Waals surface area contributed by atoms with Crippen LogP contribution in [0.5, 0.6) is 0 Å². The molecule has 20 heavy (non-hydrogen) atoms. The normalized spacial score (nSPS) is 35.1. The van der Waals surface area contributed by atoms with Crippen LogP contribution in [0.1, 0.15) is 44.9 Å². The van der Waals surface area contributed by atoms with E-state index in [4.69, 9.17) is 10.5 Å². The monoisotopic (exact) mass is 283 g/mol. The van der Waals surface area contributed by atoms with E-state index in [9.17, 15) is 4.79 Å². The third-order valence-corrected chi connectivity index (χ3v) is 5.06. The fraction of sp³-hybridized carbons (Fsp3) is 0.933. The largest absolute Gasteiger partial charge is 0.377 e. The number of likely N-dealkylation sites (N-methyl/N-ethyl adjacent to an activating group) is 2. The van der Waals surface area contributed by atoms with Crippen molar-refractivity contribution in [3.63, 3.8) is 0 Å². The van der Waals surface area contributed by atoms with Gasteiger partial charge in [0.15, 0.2) is 0 Å². The molecule has 2 rings (SSSR count). The molecular weight excluding hydrogens is 254 g/mol. The zero-order valence-electron chi connectivity index (χ0n) is 12.9. The number of ether oxygens (including phenoxy) is 1. The Kier molecular flexibility index (Phi) is 5.41. The Balaban J connectivity index is 1.92. The van der Waals surface area contributed by atoms with Gasteiger partial charge in [-0.05, 0) is 59.0 Å². The molecule has 0 aromatic carbocycles. The predicted molar refractivity (Wildman–Crippen MR) is 79.5 cm³/mol. The lowest BCUT2D eigenvalue weighted by Crippen LogP contribution is -2.59. The molecule has 1 aliphatic carbocycles. The highest BCUT2D eigenvalue weighted by Crippen LogP contribution is 2.31. The third kappa shape index (κ3) is 3.51. The van der Waals surface area contributed by atoms with Crippen LogP contribution in [0.4, 0.5) is 0 Å². The molecule has 2 fully saturated rings. The minimum Gasteiger partial charge on any atom is -0.377 e. The molecule has 0 aromatic rings. The number of carbonyl (C=O) groups is 1. The quantitative estimate of drug-likeness (QED) is 0.786. The van der Waals surface area contributed by atoms with E-state index in [0.29, 0.717) is 12.1 Å². The Bertz CT molecular complexity index is 331. The van der Waals surface area contributed by atoms with Crippen molar-refractivity contribution in [2.75, 3.05) is 27.2 Å². The van der Waals surface area contributed by atoms with Crippen molar-refractivity contribution >= 4 is 5.91 Å². The van der Waals surface area contributed by atoms with Gasteiger partial charge in [0.2, 0.25) is 5.91 Å². The highest BCUT2D eigenvalue weighted by molar-refractivity contribution is 5.84. The zero-order chi connectivity index (χ0) is 14.6. The van der Waals surface area contributed by atoms with Gasteiger partial charge in [-0.25, -0.2) is 0 Å². The van der Waals surface area contributed by atoms with Crippen LogP contribution in [0.2, 0.25) is 0 Å². The summed E-state index contributed by atoms with van der Waals surface area (Å²) in [5, 5.41) is 3.17. The van der Waals surface area contributed by atoms with Gasteiger partial charge in [-0.3, -0.25) is 4.79 Å². The van der Waals surface area contributed by atoms with Crippen LogP contribution >= 0.6 is 0 Å². The molecule has 116 valence electrons. The van der Waals surface area contributed by atoms with Crippen LogP contribution in [0.3, 0.4) is 0 Å². The minimum atomic E-state index is -0.523. The first kappa shape index (κ1) is 15.7. The van der Waals surface area contributed by atoms with E-state index in [1.807, 2.05) is 7.05 Å². The van der Waals surface area contributed by atoms with Crippen LogP contribution in [0.15, 0.2) is 0 Å². The molecule has 1 saturated heterocycles. The average molecular weight is 283 g/mol. The van der Waals surface area contributed by atoms with Gasteiger partial charge >= 0.3 is 0 Å². The molecular formula is C15H29N3O2. The molecule has 2 aliphatic rings. The number of rotatable bonds is 5. The van der Waals surface area contributed by atoms with Gasteiger partial charge < -0.3 is 20.7 Å². The summed E-state index contributed by atoms with van der Waals surface area (Å²) >= 11 is 0. The van der Waals surface area contributed by atoms with Gasteiger partial charge in [0.25, 0.3) is 0 Å². The van der Waals surface area contributed by atoms with E-state index in [0.717, 1.165) is 45.3 Å². The second-order valence-electron chi connectivity index (χ2n) is 6.37. The lowest BCUT2D eigenvalue weighted by atomic mass is 9.78. The fourth-order valence-corrected chi connectivity index (χ4v) is 3.62. The molecule has 1 saturated carbocycles. The molecule has 5 heteroatoms. The van der Waals surface area contributed by atoms with Crippen LogP contribution in [0, 0.1) is 0 Å².